The van der Waals surface area contributed by atoms with Gasteiger partial charge < -0.3 is 5.32 Å². The van der Waals surface area contributed by atoms with Crippen molar-refractivity contribution in [3.8, 4) is 0 Å². The first-order valence-corrected chi connectivity index (χ1v) is 8.38. The van der Waals surface area contributed by atoms with Crippen LogP contribution in [-0.4, -0.2) is 27.7 Å². The molecule has 4 nitrogen and oxygen atoms in total. The Kier molecular flexibility index (Phi) is 6.40. The molecule has 5 heteroatoms. The van der Waals surface area contributed by atoms with Crippen molar-refractivity contribution in [2.45, 2.75) is 37.9 Å². The Morgan fingerprint density at radius 2 is 2.05 bits per heavy atom. The maximum absolute atomic E-state index is 11.9. The lowest BCUT2D eigenvalue weighted by Gasteiger charge is -2.13. The van der Waals surface area contributed by atoms with Gasteiger partial charge in [-0.05, 0) is 38.3 Å². The maximum atomic E-state index is 11.9. The normalized spacial score (nSPS) is 11.9. The van der Waals surface area contributed by atoms with Gasteiger partial charge in [0.15, 0.2) is 5.16 Å². The molecule has 1 heterocycles. The number of carbonyl (C=O) groups excluding carboxylic acids is 1. The van der Waals surface area contributed by atoms with Gasteiger partial charge in [0, 0.05) is 17.9 Å². The number of nitrogens with one attached hydrogen (secondary N) is 1. The fourth-order valence-corrected chi connectivity index (χ4v) is 2.73. The van der Waals surface area contributed by atoms with E-state index in [2.05, 4.69) is 27.4 Å². The molecular formula is C17H21N3OS. The zero-order valence-corrected chi connectivity index (χ0v) is 13.8. The van der Waals surface area contributed by atoms with E-state index in [4.69, 9.17) is 0 Å². The minimum atomic E-state index is 0.0238. The molecule has 1 aromatic heterocycles. The van der Waals surface area contributed by atoms with Crippen LogP contribution in [-0.2, 0) is 11.2 Å². The predicted molar refractivity (Wildman–Crippen MR) is 89.9 cm³/mol. The summed E-state index contributed by atoms with van der Waals surface area (Å²) in [5, 5.41) is 3.67. The molecule has 0 aliphatic rings. The summed E-state index contributed by atoms with van der Waals surface area (Å²) in [6.45, 7) is 3.95. The Balaban J connectivity index is 1.70. The van der Waals surface area contributed by atoms with Gasteiger partial charge in [-0.1, -0.05) is 42.1 Å². The molecule has 0 saturated carbocycles. The van der Waals surface area contributed by atoms with E-state index in [0.29, 0.717) is 10.9 Å². The van der Waals surface area contributed by atoms with Crippen LogP contribution in [0.15, 0.2) is 47.8 Å². The molecule has 0 aliphatic heterocycles. The summed E-state index contributed by atoms with van der Waals surface area (Å²) in [6, 6.07) is 12.3. The Bertz CT molecular complexity index is 604. The highest BCUT2D eigenvalue weighted by Crippen LogP contribution is 2.12. The van der Waals surface area contributed by atoms with E-state index in [1.54, 1.807) is 6.20 Å². The van der Waals surface area contributed by atoms with E-state index in [1.165, 1.54) is 17.3 Å². The van der Waals surface area contributed by atoms with Crippen LogP contribution in [0.5, 0.6) is 0 Å². The molecule has 1 atom stereocenters. The van der Waals surface area contributed by atoms with Gasteiger partial charge in [0.25, 0.3) is 0 Å². The summed E-state index contributed by atoms with van der Waals surface area (Å²) in [6.07, 6.45) is 3.61. The zero-order valence-electron chi connectivity index (χ0n) is 13.0. The highest BCUT2D eigenvalue weighted by Gasteiger charge is 2.09. The molecule has 2 rings (SSSR count). The van der Waals surface area contributed by atoms with Gasteiger partial charge in [0.05, 0.1) is 5.75 Å². The molecule has 0 aliphatic carbocycles. The van der Waals surface area contributed by atoms with Crippen LogP contribution in [0.25, 0.3) is 0 Å². The Labute approximate surface area is 135 Å². The van der Waals surface area contributed by atoms with Crippen LogP contribution >= 0.6 is 11.8 Å². The Hall–Kier alpha value is -1.88. The van der Waals surface area contributed by atoms with Crippen LogP contribution in [0.1, 0.15) is 24.6 Å². The van der Waals surface area contributed by atoms with Crippen LogP contribution in [0.3, 0.4) is 0 Å². The number of carbonyl (C=O) groups is 1. The third-order valence-corrected chi connectivity index (χ3v) is 4.08. The van der Waals surface area contributed by atoms with Gasteiger partial charge in [-0.25, -0.2) is 9.97 Å². The first-order chi connectivity index (χ1) is 10.6. The molecule has 116 valence electrons. The molecule has 0 saturated heterocycles. The summed E-state index contributed by atoms with van der Waals surface area (Å²) < 4.78 is 0. The number of nitrogens with zero attached hydrogens (tertiary/aromatic N) is 2. The second-order valence-electron chi connectivity index (χ2n) is 5.26. The standard InChI is InChI=1S/C17H21N3OS/c1-13(8-9-15-6-4-3-5-7-15)19-16(21)12-22-17-18-11-10-14(2)20-17/h3-7,10-11,13H,8-9,12H2,1-2H3,(H,19,21)/t13-/m1/s1. The first kappa shape index (κ1) is 16.5. The fourth-order valence-electron chi connectivity index (χ4n) is 2.04. The SMILES string of the molecule is Cc1ccnc(SCC(=O)N[C@H](C)CCc2ccccc2)n1. The number of aromatic nitrogens is 2. The quantitative estimate of drug-likeness (QED) is 0.630. The third kappa shape index (κ3) is 5.85. The molecule has 2 aromatic rings. The average Bonchev–Trinajstić information content (AvgIpc) is 2.52. The van der Waals surface area contributed by atoms with Crippen molar-refractivity contribution in [1.29, 1.82) is 0 Å². The van der Waals surface area contributed by atoms with Gasteiger partial charge in [-0.3, -0.25) is 4.79 Å². The molecule has 0 bridgehead atoms. The Morgan fingerprint density at radius 3 is 2.77 bits per heavy atom. The van der Waals surface area contributed by atoms with E-state index >= 15 is 0 Å². The summed E-state index contributed by atoms with van der Waals surface area (Å²) in [7, 11) is 0. The number of amides is 1. The molecule has 1 N–H and O–H groups in total. The highest BCUT2D eigenvalue weighted by atomic mass is 32.2. The average molecular weight is 315 g/mol. The lowest BCUT2D eigenvalue weighted by atomic mass is 10.1. The van der Waals surface area contributed by atoms with Crippen molar-refractivity contribution >= 4 is 17.7 Å². The van der Waals surface area contributed by atoms with Crippen LogP contribution in [0.2, 0.25) is 0 Å². The van der Waals surface area contributed by atoms with Gasteiger partial charge in [0.2, 0.25) is 5.91 Å². The van der Waals surface area contributed by atoms with E-state index in [-0.39, 0.29) is 11.9 Å². The topological polar surface area (TPSA) is 54.9 Å². The molecular weight excluding hydrogens is 294 g/mol. The summed E-state index contributed by atoms with van der Waals surface area (Å²) in [4.78, 5) is 20.3. The van der Waals surface area contributed by atoms with Crippen molar-refractivity contribution < 1.29 is 4.79 Å². The largest absolute Gasteiger partial charge is 0.353 e. The smallest absolute Gasteiger partial charge is 0.230 e. The summed E-state index contributed by atoms with van der Waals surface area (Å²) in [5.41, 5.74) is 2.21. The van der Waals surface area contributed by atoms with Gasteiger partial charge in [-0.15, -0.1) is 0 Å². The Morgan fingerprint density at radius 1 is 1.27 bits per heavy atom. The van der Waals surface area contributed by atoms with Crippen LogP contribution < -0.4 is 5.32 Å². The molecule has 0 fully saturated rings. The minimum Gasteiger partial charge on any atom is -0.353 e. The minimum absolute atomic E-state index is 0.0238. The molecule has 1 aromatic carbocycles. The van der Waals surface area contributed by atoms with Crippen molar-refractivity contribution in [3.05, 3.63) is 53.9 Å². The number of rotatable bonds is 7. The second kappa shape index (κ2) is 8.54. The van der Waals surface area contributed by atoms with E-state index in [1.807, 2.05) is 38.1 Å². The van der Waals surface area contributed by atoms with Crippen molar-refractivity contribution in [2.75, 3.05) is 5.75 Å². The van der Waals surface area contributed by atoms with Crippen LogP contribution in [0, 0.1) is 6.92 Å². The van der Waals surface area contributed by atoms with E-state index in [0.717, 1.165) is 18.5 Å². The van der Waals surface area contributed by atoms with E-state index < -0.39 is 0 Å². The van der Waals surface area contributed by atoms with Crippen molar-refractivity contribution in [3.63, 3.8) is 0 Å². The first-order valence-electron chi connectivity index (χ1n) is 7.39. The number of hydrogen-bond donors (Lipinski definition) is 1. The maximum Gasteiger partial charge on any atom is 0.230 e. The predicted octanol–water partition coefficient (Wildman–Crippen LogP) is 3.01. The number of hydrogen-bond acceptors (Lipinski definition) is 4. The lowest BCUT2D eigenvalue weighted by Crippen LogP contribution is -2.34. The van der Waals surface area contributed by atoms with Gasteiger partial charge in [-0.2, -0.15) is 0 Å². The van der Waals surface area contributed by atoms with Crippen LogP contribution in [0.4, 0.5) is 0 Å². The lowest BCUT2D eigenvalue weighted by molar-refractivity contribution is -0.119. The number of thioether (sulfide) groups is 1. The molecule has 0 unspecified atom stereocenters. The molecule has 0 spiro atoms. The molecule has 1 amide bonds. The number of aryl methyl sites for hydroxylation is 2. The van der Waals surface area contributed by atoms with Crippen molar-refractivity contribution in [2.24, 2.45) is 0 Å². The van der Waals surface area contributed by atoms with Gasteiger partial charge in [0.1, 0.15) is 0 Å². The molecule has 0 radical (unpaired) electrons. The second-order valence-corrected chi connectivity index (χ2v) is 6.20. The van der Waals surface area contributed by atoms with E-state index in [9.17, 15) is 4.79 Å². The summed E-state index contributed by atoms with van der Waals surface area (Å²) in [5.74, 6) is 0.370. The number of benzene rings is 1. The van der Waals surface area contributed by atoms with Gasteiger partial charge >= 0.3 is 0 Å². The third-order valence-electron chi connectivity index (χ3n) is 3.22. The zero-order chi connectivity index (χ0) is 15.8. The summed E-state index contributed by atoms with van der Waals surface area (Å²) >= 11 is 1.36. The van der Waals surface area contributed by atoms with Crippen molar-refractivity contribution in [1.82, 2.24) is 15.3 Å². The fraction of sp³-hybridized carbons (Fsp3) is 0.353. The monoisotopic (exact) mass is 315 g/mol. The molecule has 22 heavy (non-hydrogen) atoms. The highest BCUT2D eigenvalue weighted by molar-refractivity contribution is 7.99.